The molecular formula is C13H19OP. The van der Waals surface area contributed by atoms with E-state index in [0.29, 0.717) is 13.0 Å². The summed E-state index contributed by atoms with van der Waals surface area (Å²) in [6.07, 6.45) is 13.2. The quantitative estimate of drug-likeness (QED) is 0.351. The van der Waals surface area contributed by atoms with Gasteiger partial charge in [0, 0.05) is 13.0 Å². The van der Waals surface area contributed by atoms with Gasteiger partial charge in [0.2, 0.25) is 0 Å². The summed E-state index contributed by atoms with van der Waals surface area (Å²) >= 11 is 0. The molecule has 0 aliphatic heterocycles. The molecule has 0 saturated carbocycles. The molecule has 1 nitrogen and oxygen atoms in total. The molecule has 2 heteroatoms. The van der Waals surface area contributed by atoms with E-state index in [1.807, 2.05) is 24.9 Å². The van der Waals surface area contributed by atoms with E-state index >= 15 is 0 Å². The normalized spacial score (nSPS) is 13.8. The fourth-order valence-electron chi connectivity index (χ4n) is 1.02. The van der Waals surface area contributed by atoms with Crippen LogP contribution >= 0.6 is 8.15 Å². The van der Waals surface area contributed by atoms with Crippen LogP contribution in [0.1, 0.15) is 26.7 Å². The predicted molar refractivity (Wildman–Crippen MR) is 69.7 cm³/mol. The lowest BCUT2D eigenvalue weighted by Gasteiger charge is -2.13. The minimum Gasteiger partial charge on any atom is -0.351 e. The third-order valence-corrected chi connectivity index (χ3v) is 3.40. The summed E-state index contributed by atoms with van der Waals surface area (Å²) in [7, 11) is -0.713. The van der Waals surface area contributed by atoms with Gasteiger partial charge in [-0.25, -0.2) is 0 Å². The van der Waals surface area contributed by atoms with Crippen LogP contribution in [0.25, 0.3) is 0 Å². The van der Waals surface area contributed by atoms with Gasteiger partial charge in [-0.1, -0.05) is 31.7 Å². The first kappa shape index (κ1) is 14.2. The van der Waals surface area contributed by atoms with Crippen LogP contribution in [0, 0.1) is 12.3 Å². The van der Waals surface area contributed by atoms with Crippen LogP contribution in [0.5, 0.6) is 0 Å². The van der Waals surface area contributed by atoms with E-state index in [-0.39, 0.29) is 0 Å². The predicted octanol–water partition coefficient (Wildman–Crippen LogP) is 4.44. The second-order valence-electron chi connectivity index (χ2n) is 2.80. The van der Waals surface area contributed by atoms with Crippen LogP contribution in [0.2, 0.25) is 0 Å². The third kappa shape index (κ3) is 6.28. The van der Waals surface area contributed by atoms with Crippen molar-refractivity contribution in [2.24, 2.45) is 0 Å². The van der Waals surface area contributed by atoms with Gasteiger partial charge in [0.25, 0.3) is 0 Å². The van der Waals surface area contributed by atoms with Gasteiger partial charge in [0.15, 0.2) is 0 Å². The highest BCUT2D eigenvalue weighted by molar-refractivity contribution is 7.60. The van der Waals surface area contributed by atoms with Crippen molar-refractivity contribution in [1.29, 1.82) is 0 Å². The van der Waals surface area contributed by atoms with Crippen LogP contribution in [-0.2, 0) is 4.52 Å². The SMILES string of the molecule is C#CC/C(=C\C=C/CC)P(C=C)OCC. The molecule has 0 bridgehead atoms. The molecule has 1 unspecified atom stereocenters. The minimum absolute atomic E-state index is 0.631. The van der Waals surface area contributed by atoms with Crippen molar-refractivity contribution >= 4 is 8.15 Å². The molecule has 1 atom stereocenters. The Labute approximate surface area is 94.7 Å². The van der Waals surface area contributed by atoms with E-state index in [9.17, 15) is 0 Å². The van der Waals surface area contributed by atoms with Crippen molar-refractivity contribution in [3.63, 3.8) is 0 Å². The average molecular weight is 222 g/mol. The van der Waals surface area contributed by atoms with Gasteiger partial charge in [-0.05, 0) is 24.5 Å². The summed E-state index contributed by atoms with van der Waals surface area (Å²) < 4.78 is 5.59. The van der Waals surface area contributed by atoms with Gasteiger partial charge in [0.1, 0.15) is 0 Å². The van der Waals surface area contributed by atoms with E-state index in [0.717, 1.165) is 11.7 Å². The van der Waals surface area contributed by atoms with Crippen molar-refractivity contribution in [3.05, 3.63) is 35.9 Å². The molecule has 0 aromatic heterocycles. The van der Waals surface area contributed by atoms with E-state index < -0.39 is 8.15 Å². The Morgan fingerprint density at radius 3 is 2.73 bits per heavy atom. The highest BCUT2D eigenvalue weighted by atomic mass is 31.1. The Hall–Kier alpha value is -0.830. The lowest BCUT2D eigenvalue weighted by Crippen LogP contribution is -1.85. The van der Waals surface area contributed by atoms with Crippen LogP contribution in [-0.4, -0.2) is 6.61 Å². The Kier molecular flexibility index (Phi) is 9.18. The maximum Gasteiger partial charge on any atom is 0.0805 e. The Morgan fingerprint density at radius 2 is 2.27 bits per heavy atom. The van der Waals surface area contributed by atoms with Gasteiger partial charge in [-0.15, -0.1) is 12.3 Å². The summed E-state index contributed by atoms with van der Waals surface area (Å²) in [5.74, 6) is 4.50. The molecule has 0 aromatic rings. The van der Waals surface area contributed by atoms with Gasteiger partial charge in [0.05, 0.1) is 8.15 Å². The van der Waals surface area contributed by atoms with Crippen molar-refractivity contribution in [3.8, 4) is 12.3 Å². The fraction of sp³-hybridized carbons (Fsp3) is 0.385. The second kappa shape index (κ2) is 9.71. The fourth-order valence-corrected chi connectivity index (χ4v) is 2.29. The standard InChI is InChI=1S/C13H19OP/c1-5-9-10-12-13(11-6-2)15(8-4)14-7-3/h2,8-10,12H,4-5,7,11H2,1,3H3/b10-9-,13-12+. The molecule has 0 fully saturated rings. The number of rotatable bonds is 7. The zero-order valence-corrected chi connectivity index (χ0v) is 10.5. The zero-order valence-electron chi connectivity index (χ0n) is 9.57. The summed E-state index contributed by atoms with van der Waals surface area (Å²) in [5.41, 5.74) is 0. The van der Waals surface area contributed by atoms with Crippen molar-refractivity contribution in [1.82, 2.24) is 0 Å². The molecule has 0 radical (unpaired) electrons. The summed E-state index contributed by atoms with van der Waals surface area (Å²) in [5, 5.41) is 1.15. The molecule has 0 rings (SSSR count). The van der Waals surface area contributed by atoms with Gasteiger partial charge in [-0.2, -0.15) is 0 Å². The van der Waals surface area contributed by atoms with Gasteiger partial charge >= 0.3 is 0 Å². The number of hydrogen-bond donors (Lipinski definition) is 0. The minimum atomic E-state index is -0.713. The Balaban J connectivity index is 4.61. The molecule has 0 saturated heterocycles. The zero-order chi connectivity index (χ0) is 11.5. The molecule has 0 aliphatic carbocycles. The first-order valence-electron chi connectivity index (χ1n) is 5.13. The first-order chi connectivity index (χ1) is 7.29. The van der Waals surface area contributed by atoms with Gasteiger partial charge < -0.3 is 4.52 Å². The number of terminal acetylenes is 1. The maximum atomic E-state index is 5.59. The molecular weight excluding hydrogens is 203 g/mol. The molecule has 0 aromatic carbocycles. The smallest absolute Gasteiger partial charge is 0.0805 e. The van der Waals surface area contributed by atoms with Crippen molar-refractivity contribution in [2.45, 2.75) is 26.7 Å². The monoisotopic (exact) mass is 222 g/mol. The van der Waals surface area contributed by atoms with Crippen molar-refractivity contribution < 1.29 is 4.52 Å². The number of hydrogen-bond acceptors (Lipinski definition) is 1. The lowest BCUT2D eigenvalue weighted by atomic mass is 10.3. The Bertz CT molecular complexity index is 271. The maximum absolute atomic E-state index is 5.59. The number of allylic oxidation sites excluding steroid dienone is 4. The van der Waals surface area contributed by atoms with E-state index in [4.69, 9.17) is 10.9 Å². The van der Waals surface area contributed by atoms with Crippen LogP contribution in [0.15, 0.2) is 35.9 Å². The van der Waals surface area contributed by atoms with E-state index in [2.05, 4.69) is 25.5 Å². The molecule has 0 aliphatic rings. The Morgan fingerprint density at radius 1 is 1.53 bits per heavy atom. The van der Waals surface area contributed by atoms with Crippen LogP contribution < -0.4 is 0 Å². The third-order valence-electron chi connectivity index (χ3n) is 1.66. The lowest BCUT2D eigenvalue weighted by molar-refractivity contribution is 0.385. The molecule has 0 N–H and O–H groups in total. The highest BCUT2D eigenvalue weighted by Crippen LogP contribution is 2.48. The van der Waals surface area contributed by atoms with Crippen LogP contribution in [0.4, 0.5) is 0 Å². The first-order valence-corrected chi connectivity index (χ1v) is 6.46. The highest BCUT2D eigenvalue weighted by Gasteiger charge is 2.08. The topological polar surface area (TPSA) is 9.23 Å². The van der Waals surface area contributed by atoms with E-state index in [1.54, 1.807) is 0 Å². The molecule has 0 amide bonds. The molecule has 0 heterocycles. The summed E-state index contributed by atoms with van der Waals surface area (Å²) in [4.78, 5) is 0. The molecule has 15 heavy (non-hydrogen) atoms. The summed E-state index contributed by atoms with van der Waals surface area (Å²) in [6.45, 7) is 8.55. The average Bonchev–Trinajstić information content (AvgIpc) is 2.25. The van der Waals surface area contributed by atoms with E-state index in [1.165, 1.54) is 0 Å². The van der Waals surface area contributed by atoms with Crippen LogP contribution in [0.3, 0.4) is 0 Å². The molecule has 0 spiro atoms. The largest absolute Gasteiger partial charge is 0.351 e. The second-order valence-corrected chi connectivity index (χ2v) is 4.65. The summed E-state index contributed by atoms with van der Waals surface area (Å²) in [6, 6.07) is 0. The molecule has 82 valence electrons. The van der Waals surface area contributed by atoms with Crippen molar-refractivity contribution in [2.75, 3.05) is 6.61 Å². The van der Waals surface area contributed by atoms with Gasteiger partial charge in [-0.3, -0.25) is 0 Å².